The first-order valence-electron chi connectivity index (χ1n) is 15.7. The molecular weight excluding hydrogens is 594 g/mol. The molecule has 10 nitrogen and oxygen atoms in total. The van der Waals surface area contributed by atoms with E-state index in [0.717, 1.165) is 40.9 Å². The van der Waals surface area contributed by atoms with Crippen LogP contribution in [-0.4, -0.2) is 59.6 Å². The van der Waals surface area contributed by atoms with Gasteiger partial charge < -0.3 is 18.8 Å². The van der Waals surface area contributed by atoms with Gasteiger partial charge in [-0.05, 0) is 80.8 Å². The topological polar surface area (TPSA) is 120 Å². The lowest BCUT2D eigenvalue weighted by Crippen LogP contribution is -2.30. The van der Waals surface area contributed by atoms with Crippen molar-refractivity contribution in [2.24, 2.45) is 0 Å². The van der Waals surface area contributed by atoms with Crippen molar-refractivity contribution in [1.82, 2.24) is 19.7 Å². The second-order valence-corrected chi connectivity index (χ2v) is 9.92. The van der Waals surface area contributed by atoms with Crippen LogP contribution < -0.4 is 10.5 Å². The number of rotatable bonds is 8. The lowest BCUT2D eigenvalue weighted by molar-refractivity contribution is -0.115. The van der Waals surface area contributed by atoms with E-state index in [1.807, 2.05) is 95.7 Å². The fourth-order valence-electron chi connectivity index (χ4n) is 4.72. The molecule has 47 heavy (non-hydrogen) atoms. The number of Topliss-reactive ketones (excluding diaryl/α,β-unsaturated/α-hetero) is 1. The Bertz CT molecular complexity index is 1730. The molecule has 0 spiro atoms. The van der Waals surface area contributed by atoms with Crippen molar-refractivity contribution in [2.75, 3.05) is 32.2 Å². The molecule has 0 saturated heterocycles. The minimum atomic E-state index is -0.304. The summed E-state index contributed by atoms with van der Waals surface area (Å²) in [5.41, 5.74) is 5.78. The van der Waals surface area contributed by atoms with Crippen molar-refractivity contribution in [1.29, 1.82) is 0 Å². The van der Waals surface area contributed by atoms with Crippen LogP contribution in [0.15, 0.2) is 76.5 Å². The molecule has 5 aromatic rings. The van der Waals surface area contributed by atoms with Crippen LogP contribution in [0.4, 0.5) is 5.69 Å². The number of carbonyl (C=O) groups is 2. The number of anilines is 1. The third-order valence-electron chi connectivity index (χ3n) is 6.42. The van der Waals surface area contributed by atoms with Crippen molar-refractivity contribution in [3.8, 4) is 28.3 Å². The first kappa shape index (κ1) is 40.1. The van der Waals surface area contributed by atoms with Gasteiger partial charge in [0.1, 0.15) is 23.8 Å². The van der Waals surface area contributed by atoms with Crippen LogP contribution >= 0.6 is 0 Å². The number of methoxy groups -OCH3 is 1. The van der Waals surface area contributed by atoms with E-state index in [9.17, 15) is 9.59 Å². The third-order valence-corrected chi connectivity index (χ3v) is 6.42. The number of oxazole rings is 1. The number of benzene rings is 2. The van der Waals surface area contributed by atoms with Crippen LogP contribution in [0.25, 0.3) is 39.2 Å². The minimum Gasteiger partial charge on any atom is -0.444 e. The van der Waals surface area contributed by atoms with Gasteiger partial charge in [0.25, 0.3) is 5.56 Å². The van der Waals surface area contributed by atoms with Gasteiger partial charge in [0.15, 0.2) is 12.2 Å². The van der Waals surface area contributed by atoms with Gasteiger partial charge in [0.05, 0.1) is 18.4 Å². The fourth-order valence-corrected chi connectivity index (χ4v) is 4.72. The quantitative estimate of drug-likeness (QED) is 0.168. The average molecular weight is 644 g/mol. The van der Waals surface area contributed by atoms with Crippen LogP contribution in [0, 0.1) is 13.8 Å². The lowest BCUT2D eigenvalue weighted by Gasteiger charge is -2.24. The summed E-state index contributed by atoms with van der Waals surface area (Å²) in [4.78, 5) is 44.2. The summed E-state index contributed by atoms with van der Waals surface area (Å²) in [6.45, 7) is 18.6. The Morgan fingerprint density at radius 1 is 1.00 bits per heavy atom. The van der Waals surface area contributed by atoms with Gasteiger partial charge in [0.2, 0.25) is 0 Å². The van der Waals surface area contributed by atoms with Crippen molar-refractivity contribution in [2.45, 2.75) is 61.8 Å². The standard InChI is InChI=1S/C30H29N5O3.C2H6O.2C2H6.CH2O/c1-5-11-34(17-21(4)36)24-9-8-20(3)26(15-24)35-30(37)29-25(7-6-10-32-29)28(33-35)23-13-19(2)12-22(14-23)27-16-31-18-38-27;1-3-2;3*1-2/h6-10,12-16,18H,5,11,17H2,1-4H3;1-2H3;2*1-2H3;1H2. The molecule has 0 radical (unpaired) electrons. The second-order valence-electron chi connectivity index (χ2n) is 9.92. The summed E-state index contributed by atoms with van der Waals surface area (Å²) in [5, 5.41) is 5.57. The van der Waals surface area contributed by atoms with Gasteiger partial charge in [-0.2, -0.15) is 9.78 Å². The van der Waals surface area contributed by atoms with E-state index < -0.39 is 0 Å². The molecule has 10 heteroatoms. The molecule has 5 rings (SSSR count). The molecule has 0 fully saturated rings. The molecule has 3 heterocycles. The normalized spacial score (nSPS) is 9.74. The summed E-state index contributed by atoms with van der Waals surface area (Å²) in [5.74, 6) is 0.728. The number of aryl methyl sites for hydroxylation is 2. The smallest absolute Gasteiger partial charge is 0.298 e. The van der Waals surface area contributed by atoms with Crippen LogP contribution in [-0.2, 0) is 14.3 Å². The highest BCUT2D eigenvalue weighted by Gasteiger charge is 2.18. The Morgan fingerprint density at radius 3 is 2.26 bits per heavy atom. The molecule has 0 aliphatic rings. The molecule has 0 atom stereocenters. The lowest BCUT2D eigenvalue weighted by atomic mass is 10.0. The summed E-state index contributed by atoms with van der Waals surface area (Å²) in [6.07, 6.45) is 5.58. The maximum atomic E-state index is 13.7. The predicted octanol–water partition coefficient (Wildman–Crippen LogP) is 7.66. The zero-order valence-electron chi connectivity index (χ0n) is 29.5. The average Bonchev–Trinajstić information content (AvgIpc) is 3.64. The summed E-state index contributed by atoms with van der Waals surface area (Å²) < 4.78 is 11.2. The molecule has 0 unspecified atom stereocenters. The molecule has 2 aromatic carbocycles. The van der Waals surface area contributed by atoms with E-state index >= 15 is 0 Å². The number of fused-ring (bicyclic) bond motifs is 1. The number of ether oxygens (including phenoxy) is 1. The molecule has 252 valence electrons. The molecule has 0 amide bonds. The molecule has 0 aliphatic heterocycles. The zero-order chi connectivity index (χ0) is 35.5. The van der Waals surface area contributed by atoms with E-state index in [1.165, 1.54) is 11.1 Å². The Kier molecular flexibility index (Phi) is 17.9. The van der Waals surface area contributed by atoms with E-state index in [2.05, 4.69) is 21.6 Å². The van der Waals surface area contributed by atoms with E-state index in [4.69, 9.17) is 14.3 Å². The monoisotopic (exact) mass is 643 g/mol. The largest absolute Gasteiger partial charge is 0.444 e. The Morgan fingerprint density at radius 2 is 1.66 bits per heavy atom. The molecule has 0 N–H and O–H groups in total. The number of aromatic nitrogens is 4. The predicted molar refractivity (Wildman–Crippen MR) is 191 cm³/mol. The van der Waals surface area contributed by atoms with Crippen molar-refractivity contribution in [3.05, 3.63) is 88.8 Å². The Labute approximate surface area is 278 Å². The van der Waals surface area contributed by atoms with E-state index in [0.29, 0.717) is 34.6 Å². The van der Waals surface area contributed by atoms with Gasteiger partial charge in [-0.25, -0.2) is 4.98 Å². The van der Waals surface area contributed by atoms with Crippen LogP contribution in [0.2, 0.25) is 0 Å². The summed E-state index contributed by atoms with van der Waals surface area (Å²) in [6, 6.07) is 15.6. The molecule has 3 aromatic heterocycles. The summed E-state index contributed by atoms with van der Waals surface area (Å²) in [7, 11) is 3.25. The summed E-state index contributed by atoms with van der Waals surface area (Å²) >= 11 is 0. The molecule has 0 bridgehead atoms. The highest BCUT2D eigenvalue weighted by Crippen LogP contribution is 2.31. The number of ketones is 1. The van der Waals surface area contributed by atoms with Gasteiger partial charge in [-0.3, -0.25) is 14.6 Å². The third kappa shape index (κ3) is 10.5. The molecular formula is C37H49N5O5. The number of hydrogen-bond acceptors (Lipinski definition) is 9. The van der Waals surface area contributed by atoms with Crippen molar-refractivity contribution < 1.29 is 18.7 Å². The fraction of sp³-hybridized carbons (Fsp3) is 0.351. The van der Waals surface area contributed by atoms with Crippen LogP contribution in [0.3, 0.4) is 0 Å². The van der Waals surface area contributed by atoms with Crippen LogP contribution in [0.5, 0.6) is 0 Å². The first-order chi connectivity index (χ1) is 22.8. The van der Waals surface area contributed by atoms with Gasteiger partial charge in [-0.15, -0.1) is 0 Å². The van der Waals surface area contributed by atoms with Crippen molar-refractivity contribution in [3.63, 3.8) is 0 Å². The number of carbonyl (C=O) groups excluding carboxylic acids is 2. The van der Waals surface area contributed by atoms with Gasteiger partial charge >= 0.3 is 0 Å². The zero-order valence-corrected chi connectivity index (χ0v) is 29.5. The maximum absolute atomic E-state index is 13.7. The minimum absolute atomic E-state index is 0.0788. The Hall–Kier alpha value is -4.96. The maximum Gasteiger partial charge on any atom is 0.298 e. The highest BCUT2D eigenvalue weighted by molar-refractivity contribution is 5.92. The van der Waals surface area contributed by atoms with E-state index in [-0.39, 0.29) is 11.3 Å². The number of nitrogens with zero attached hydrogens (tertiary/aromatic N) is 5. The first-order valence-corrected chi connectivity index (χ1v) is 15.7. The van der Waals surface area contributed by atoms with Gasteiger partial charge in [0, 0.05) is 49.2 Å². The number of hydrogen-bond donors (Lipinski definition) is 0. The molecule has 0 saturated carbocycles. The SMILES string of the molecule is C=O.CC.CC.CCCN(CC(C)=O)c1ccc(C)c(-n2nc(-c3cc(C)cc(-c4cnco4)c3)c3cccnc3c2=O)c1.COC. The van der Waals surface area contributed by atoms with Crippen LogP contribution in [0.1, 0.15) is 59.1 Å². The van der Waals surface area contributed by atoms with Gasteiger partial charge in [-0.1, -0.05) is 40.7 Å². The highest BCUT2D eigenvalue weighted by atomic mass is 16.4. The second kappa shape index (κ2) is 21.0. The van der Waals surface area contributed by atoms with E-state index in [1.54, 1.807) is 39.6 Å². The number of pyridine rings is 1. The molecule has 0 aliphatic carbocycles. The Balaban J connectivity index is 0.00000112. The van der Waals surface area contributed by atoms with Crippen molar-refractivity contribution >= 4 is 29.2 Å².